The number of unbranched alkanes of at least 4 members (excludes halogenated alkanes) is 5. The first-order valence-electron chi connectivity index (χ1n) is 14.8. The predicted molar refractivity (Wildman–Crippen MR) is 158 cm³/mol. The molecule has 0 aliphatic heterocycles. The van der Waals surface area contributed by atoms with Gasteiger partial charge in [0.05, 0.1) is 19.6 Å². The number of hydrogen-bond acceptors (Lipinski definition) is 7. The molecule has 0 heterocycles. The van der Waals surface area contributed by atoms with Crippen LogP contribution in [0.4, 0.5) is 4.79 Å². The molecular weight excluding hydrogens is 526 g/mol. The lowest BCUT2D eigenvalue weighted by Gasteiger charge is -2.34. The first kappa shape index (κ1) is 35.9. The maximum absolute atomic E-state index is 13.9. The molecule has 1 rings (SSSR count). The third kappa shape index (κ3) is 13.4. The number of benzene rings is 1. The molecule has 0 aliphatic carbocycles. The van der Waals surface area contributed by atoms with Gasteiger partial charge in [0.15, 0.2) is 0 Å². The topological polar surface area (TPSA) is 134 Å². The quantitative estimate of drug-likeness (QED) is 0.183. The van der Waals surface area contributed by atoms with E-state index in [4.69, 9.17) is 9.47 Å². The average molecular weight is 578 g/mol. The molecule has 0 aromatic heterocycles. The molecule has 0 radical (unpaired) electrons. The number of nitrogens with one attached hydrogen (secondary N) is 2. The summed E-state index contributed by atoms with van der Waals surface area (Å²) >= 11 is 0. The van der Waals surface area contributed by atoms with Crippen molar-refractivity contribution in [1.29, 1.82) is 0 Å². The number of ether oxygens (including phenoxy) is 2. The number of alkyl carbamates (subject to hydrolysis) is 1. The molecular formula is C31H51N3O7. The Morgan fingerprint density at radius 3 is 2.22 bits per heavy atom. The second-order valence-corrected chi connectivity index (χ2v) is 11.3. The van der Waals surface area contributed by atoms with Crippen LogP contribution < -0.4 is 10.6 Å². The van der Waals surface area contributed by atoms with E-state index in [9.17, 15) is 24.3 Å². The summed E-state index contributed by atoms with van der Waals surface area (Å²) in [6.07, 6.45) is 4.96. The van der Waals surface area contributed by atoms with Gasteiger partial charge in [-0.1, -0.05) is 57.2 Å². The standard InChI is InChI=1S/C31H51N3O7/c1-8-10-11-12-13-14-19-34(29(38)25(21-35)33-30(39)41-31(5,6)7)27(24-16-15-22(3)23(4)20-24)28(37)32-18-17-26(36)40-9-2/h15-16,20,25,27,35H,8-14,17-19,21H2,1-7H3,(H,32,37)(H,33,39). The molecule has 0 aliphatic rings. The molecule has 41 heavy (non-hydrogen) atoms. The molecule has 232 valence electrons. The number of hydrogen-bond donors (Lipinski definition) is 3. The van der Waals surface area contributed by atoms with Gasteiger partial charge < -0.3 is 30.1 Å². The van der Waals surface area contributed by atoms with Gasteiger partial charge >= 0.3 is 12.1 Å². The predicted octanol–water partition coefficient (Wildman–Crippen LogP) is 4.49. The second kappa shape index (κ2) is 18.3. The number of carbonyl (C=O) groups is 4. The molecule has 10 nitrogen and oxygen atoms in total. The maximum Gasteiger partial charge on any atom is 0.408 e. The van der Waals surface area contributed by atoms with E-state index in [1.807, 2.05) is 26.0 Å². The summed E-state index contributed by atoms with van der Waals surface area (Å²) < 4.78 is 10.3. The summed E-state index contributed by atoms with van der Waals surface area (Å²) in [5, 5.41) is 15.4. The Kier molecular flexibility index (Phi) is 16.0. The molecule has 0 bridgehead atoms. The van der Waals surface area contributed by atoms with E-state index in [1.165, 1.54) is 4.90 Å². The lowest BCUT2D eigenvalue weighted by Crippen LogP contribution is -2.54. The zero-order valence-corrected chi connectivity index (χ0v) is 26.0. The number of amides is 3. The Balaban J connectivity index is 3.37. The third-order valence-electron chi connectivity index (χ3n) is 6.55. The van der Waals surface area contributed by atoms with Crippen molar-refractivity contribution in [3.63, 3.8) is 0 Å². The van der Waals surface area contributed by atoms with Crippen LogP contribution in [0.25, 0.3) is 0 Å². The first-order valence-corrected chi connectivity index (χ1v) is 14.8. The number of aliphatic hydroxyl groups excluding tert-OH is 1. The van der Waals surface area contributed by atoms with Crippen LogP contribution in [0, 0.1) is 13.8 Å². The molecule has 0 fully saturated rings. The van der Waals surface area contributed by atoms with E-state index < -0.39 is 48.2 Å². The normalized spacial score (nSPS) is 12.7. The fourth-order valence-electron chi connectivity index (χ4n) is 4.29. The van der Waals surface area contributed by atoms with Crippen LogP contribution in [-0.4, -0.2) is 71.8 Å². The highest BCUT2D eigenvalue weighted by atomic mass is 16.6. The summed E-state index contributed by atoms with van der Waals surface area (Å²) in [5.41, 5.74) is 1.77. The van der Waals surface area contributed by atoms with Crippen molar-refractivity contribution in [2.75, 3.05) is 26.3 Å². The van der Waals surface area contributed by atoms with Gasteiger partial charge in [0.2, 0.25) is 11.8 Å². The van der Waals surface area contributed by atoms with E-state index in [0.717, 1.165) is 43.2 Å². The van der Waals surface area contributed by atoms with E-state index >= 15 is 0 Å². The van der Waals surface area contributed by atoms with Crippen molar-refractivity contribution in [2.45, 2.75) is 111 Å². The van der Waals surface area contributed by atoms with Crippen LogP contribution in [0.1, 0.15) is 102 Å². The SMILES string of the molecule is CCCCCCCCN(C(=O)C(CO)NC(=O)OC(C)(C)C)C(C(=O)NCCC(=O)OCC)c1ccc(C)c(C)c1. The fourth-order valence-corrected chi connectivity index (χ4v) is 4.29. The molecule has 0 saturated carbocycles. The number of aliphatic hydroxyl groups is 1. The molecule has 1 aromatic carbocycles. The second-order valence-electron chi connectivity index (χ2n) is 11.3. The molecule has 2 atom stereocenters. The Bertz CT molecular complexity index is 990. The van der Waals surface area contributed by atoms with Crippen molar-refractivity contribution < 1.29 is 33.8 Å². The molecule has 0 saturated heterocycles. The van der Waals surface area contributed by atoms with Gasteiger partial charge in [0.1, 0.15) is 17.7 Å². The zero-order chi connectivity index (χ0) is 31.0. The van der Waals surface area contributed by atoms with Crippen LogP contribution in [0.15, 0.2) is 18.2 Å². The Hall–Kier alpha value is -3.14. The van der Waals surface area contributed by atoms with Gasteiger partial charge in [-0.05, 0) is 64.7 Å². The van der Waals surface area contributed by atoms with E-state index in [-0.39, 0.29) is 26.1 Å². The zero-order valence-electron chi connectivity index (χ0n) is 26.0. The summed E-state index contributed by atoms with van der Waals surface area (Å²) in [7, 11) is 0. The van der Waals surface area contributed by atoms with Gasteiger partial charge in [-0.3, -0.25) is 14.4 Å². The van der Waals surface area contributed by atoms with Gasteiger partial charge in [-0.2, -0.15) is 0 Å². The minimum absolute atomic E-state index is 0.00986. The van der Waals surface area contributed by atoms with Gasteiger partial charge in [0.25, 0.3) is 0 Å². The molecule has 2 unspecified atom stereocenters. The number of nitrogens with zero attached hydrogens (tertiary/aromatic N) is 1. The van der Waals surface area contributed by atoms with E-state index in [1.54, 1.807) is 33.8 Å². The number of carbonyl (C=O) groups excluding carboxylic acids is 4. The summed E-state index contributed by atoms with van der Waals surface area (Å²) in [4.78, 5) is 53.4. The van der Waals surface area contributed by atoms with Gasteiger partial charge in [0, 0.05) is 13.1 Å². The Morgan fingerprint density at radius 2 is 1.63 bits per heavy atom. The highest BCUT2D eigenvalue weighted by molar-refractivity contribution is 5.92. The van der Waals surface area contributed by atoms with Crippen LogP contribution >= 0.6 is 0 Å². The average Bonchev–Trinajstić information content (AvgIpc) is 2.89. The molecule has 3 amide bonds. The molecule has 0 spiro atoms. The minimum atomic E-state index is -1.31. The van der Waals surface area contributed by atoms with Crippen molar-refractivity contribution in [3.8, 4) is 0 Å². The Labute approximate surface area is 245 Å². The largest absolute Gasteiger partial charge is 0.466 e. The first-order chi connectivity index (χ1) is 19.3. The molecule has 10 heteroatoms. The summed E-state index contributed by atoms with van der Waals surface area (Å²) in [6, 6.07) is 3.19. The number of rotatable bonds is 17. The lowest BCUT2D eigenvalue weighted by atomic mass is 9.98. The fraction of sp³-hybridized carbons (Fsp3) is 0.677. The minimum Gasteiger partial charge on any atom is -0.466 e. The van der Waals surface area contributed by atoms with E-state index in [0.29, 0.717) is 12.0 Å². The van der Waals surface area contributed by atoms with Crippen LogP contribution in [0.2, 0.25) is 0 Å². The summed E-state index contributed by atoms with van der Waals surface area (Å²) in [5.74, 6) is -1.50. The highest BCUT2D eigenvalue weighted by Crippen LogP contribution is 2.26. The Morgan fingerprint density at radius 1 is 0.976 bits per heavy atom. The van der Waals surface area contributed by atoms with Crippen LogP contribution in [-0.2, 0) is 23.9 Å². The van der Waals surface area contributed by atoms with Crippen molar-refractivity contribution in [2.24, 2.45) is 0 Å². The summed E-state index contributed by atoms with van der Waals surface area (Å²) in [6.45, 7) is 12.7. The smallest absolute Gasteiger partial charge is 0.408 e. The van der Waals surface area contributed by atoms with Crippen LogP contribution in [0.5, 0.6) is 0 Å². The van der Waals surface area contributed by atoms with Gasteiger partial charge in [-0.25, -0.2) is 4.79 Å². The third-order valence-corrected chi connectivity index (χ3v) is 6.55. The lowest BCUT2D eigenvalue weighted by molar-refractivity contribution is -0.144. The van der Waals surface area contributed by atoms with Crippen LogP contribution in [0.3, 0.4) is 0 Å². The number of esters is 1. The van der Waals surface area contributed by atoms with Crippen molar-refractivity contribution in [3.05, 3.63) is 34.9 Å². The van der Waals surface area contributed by atoms with Crippen molar-refractivity contribution in [1.82, 2.24) is 15.5 Å². The monoisotopic (exact) mass is 577 g/mol. The molecule has 3 N–H and O–H groups in total. The maximum atomic E-state index is 13.9. The number of aryl methyl sites for hydroxylation is 2. The molecule has 1 aromatic rings. The van der Waals surface area contributed by atoms with E-state index in [2.05, 4.69) is 17.6 Å². The highest BCUT2D eigenvalue weighted by Gasteiger charge is 2.36. The van der Waals surface area contributed by atoms with Crippen molar-refractivity contribution >= 4 is 23.9 Å². The van der Waals surface area contributed by atoms with Gasteiger partial charge in [-0.15, -0.1) is 0 Å².